The van der Waals surface area contributed by atoms with Crippen molar-refractivity contribution in [2.45, 2.75) is 70.0 Å². The second-order valence-electron chi connectivity index (χ2n) is 7.28. The van der Waals surface area contributed by atoms with Crippen LogP contribution in [0, 0.1) is 17.8 Å². The summed E-state index contributed by atoms with van der Waals surface area (Å²) in [6.07, 6.45) is -3.60. The number of hydrogen-bond acceptors (Lipinski definition) is 8. The molecule has 1 saturated carbocycles. The highest BCUT2D eigenvalue weighted by Crippen LogP contribution is 2.36. The van der Waals surface area contributed by atoms with Gasteiger partial charge in [0.05, 0.1) is 43.2 Å². The van der Waals surface area contributed by atoms with Crippen LogP contribution in [0.2, 0.25) is 0 Å². The van der Waals surface area contributed by atoms with E-state index in [1.165, 1.54) is 0 Å². The first kappa shape index (κ1) is 21.0. The van der Waals surface area contributed by atoms with Crippen LogP contribution >= 0.6 is 0 Å². The smallest absolute Gasteiger partial charge is 0.176 e. The van der Waals surface area contributed by atoms with Gasteiger partial charge in [-0.05, 0) is 13.3 Å². The molecular formula is C17H33NO7. The number of nitrogens with two attached hydrogens (primary N) is 1. The highest BCUT2D eigenvalue weighted by Gasteiger charge is 2.47. The molecule has 8 heteroatoms. The van der Waals surface area contributed by atoms with Crippen LogP contribution in [0.25, 0.3) is 0 Å². The summed E-state index contributed by atoms with van der Waals surface area (Å²) < 4.78 is 17.3. The van der Waals surface area contributed by atoms with Crippen molar-refractivity contribution in [1.29, 1.82) is 0 Å². The zero-order valence-corrected chi connectivity index (χ0v) is 15.2. The van der Waals surface area contributed by atoms with E-state index in [0.29, 0.717) is 13.0 Å². The molecule has 8 nitrogen and oxygen atoms in total. The molecule has 10 atom stereocenters. The molecule has 0 aromatic carbocycles. The molecule has 0 bridgehead atoms. The van der Waals surface area contributed by atoms with E-state index in [0.717, 1.165) is 0 Å². The van der Waals surface area contributed by atoms with Gasteiger partial charge in [-0.2, -0.15) is 0 Å². The van der Waals surface area contributed by atoms with E-state index in [1.54, 1.807) is 6.92 Å². The highest BCUT2D eigenvalue weighted by molar-refractivity contribution is 4.95. The Kier molecular flexibility index (Phi) is 7.60. The van der Waals surface area contributed by atoms with Gasteiger partial charge in [-0.25, -0.2) is 0 Å². The van der Waals surface area contributed by atoms with Crippen molar-refractivity contribution in [1.82, 2.24) is 0 Å². The molecule has 0 aromatic heterocycles. The number of ether oxygens (including phenoxy) is 3. The van der Waals surface area contributed by atoms with Gasteiger partial charge in [0.25, 0.3) is 0 Å². The monoisotopic (exact) mass is 363 g/mol. The van der Waals surface area contributed by atoms with Gasteiger partial charge in [-0.1, -0.05) is 13.8 Å². The minimum atomic E-state index is -0.965. The van der Waals surface area contributed by atoms with Gasteiger partial charge in [0.2, 0.25) is 0 Å². The van der Waals surface area contributed by atoms with E-state index in [9.17, 15) is 20.4 Å². The zero-order valence-electron chi connectivity index (χ0n) is 15.2. The minimum Gasteiger partial charge on any atom is -0.396 e. The average molecular weight is 363 g/mol. The van der Waals surface area contributed by atoms with E-state index in [-0.39, 0.29) is 37.1 Å². The van der Waals surface area contributed by atoms with Crippen LogP contribution in [0.15, 0.2) is 0 Å². The van der Waals surface area contributed by atoms with Gasteiger partial charge < -0.3 is 40.4 Å². The van der Waals surface area contributed by atoms with Gasteiger partial charge in [-0.3, -0.25) is 0 Å². The Morgan fingerprint density at radius 2 is 1.76 bits per heavy atom. The number of aliphatic hydroxyl groups is 4. The predicted octanol–water partition coefficient (Wildman–Crippen LogP) is -1.17. The molecule has 0 spiro atoms. The zero-order chi connectivity index (χ0) is 18.7. The molecule has 1 aliphatic carbocycles. The summed E-state index contributed by atoms with van der Waals surface area (Å²) in [5.41, 5.74) is 6.04. The lowest BCUT2D eigenvalue weighted by Gasteiger charge is -2.47. The molecule has 2 rings (SSSR count). The fourth-order valence-corrected chi connectivity index (χ4v) is 3.85. The molecular weight excluding hydrogens is 330 g/mol. The summed E-state index contributed by atoms with van der Waals surface area (Å²) in [6, 6.07) is -0.802. The van der Waals surface area contributed by atoms with Crippen LogP contribution in [-0.4, -0.2) is 83.1 Å². The molecule has 6 N–H and O–H groups in total. The minimum absolute atomic E-state index is 0.159. The molecule has 0 amide bonds. The Labute approximate surface area is 148 Å². The molecule has 148 valence electrons. The van der Waals surface area contributed by atoms with Gasteiger partial charge in [-0.15, -0.1) is 0 Å². The lowest BCUT2D eigenvalue weighted by Crippen LogP contribution is -2.62. The quantitative estimate of drug-likeness (QED) is 0.398. The van der Waals surface area contributed by atoms with Gasteiger partial charge in [0, 0.05) is 31.0 Å². The summed E-state index contributed by atoms with van der Waals surface area (Å²) >= 11 is 0. The Morgan fingerprint density at radius 1 is 1.08 bits per heavy atom. The highest BCUT2D eigenvalue weighted by atomic mass is 16.7. The van der Waals surface area contributed by atoms with Gasteiger partial charge >= 0.3 is 0 Å². The molecule has 25 heavy (non-hydrogen) atoms. The van der Waals surface area contributed by atoms with E-state index in [2.05, 4.69) is 0 Å². The molecule has 0 radical (unpaired) electrons. The largest absolute Gasteiger partial charge is 0.396 e. The Bertz CT molecular complexity index is 408. The van der Waals surface area contributed by atoms with Crippen molar-refractivity contribution in [3.63, 3.8) is 0 Å². The van der Waals surface area contributed by atoms with Crippen LogP contribution in [0.1, 0.15) is 27.2 Å². The summed E-state index contributed by atoms with van der Waals surface area (Å²) in [5, 5.41) is 40.1. The van der Waals surface area contributed by atoms with Crippen LogP contribution < -0.4 is 5.73 Å². The summed E-state index contributed by atoms with van der Waals surface area (Å²) in [7, 11) is 0. The number of hydrogen-bond donors (Lipinski definition) is 5. The van der Waals surface area contributed by atoms with E-state index < -0.39 is 36.7 Å². The first-order valence-electron chi connectivity index (χ1n) is 9.11. The topological polar surface area (TPSA) is 135 Å². The predicted molar refractivity (Wildman–Crippen MR) is 89.5 cm³/mol. The molecule has 4 unspecified atom stereocenters. The third kappa shape index (κ3) is 4.33. The second-order valence-corrected chi connectivity index (χ2v) is 7.28. The summed E-state index contributed by atoms with van der Waals surface area (Å²) in [5.74, 6) is -0.835. The fraction of sp³-hybridized carbons (Fsp3) is 1.00. The lowest BCUT2D eigenvalue weighted by atomic mass is 9.76. The normalized spacial score (nSPS) is 48.5. The molecule has 2 fully saturated rings. The SMILES string of the molecule is CCO[C@H]1CC(CO)[C@@H](O[C@@H]2OC(CO)[C@H](C)[C@H](O)C2N)[C@@H](O)C1C. The summed E-state index contributed by atoms with van der Waals surface area (Å²) in [6.45, 7) is 5.63. The molecule has 2 aliphatic rings. The van der Waals surface area contributed by atoms with E-state index in [4.69, 9.17) is 19.9 Å². The lowest BCUT2D eigenvalue weighted by molar-refractivity contribution is -0.292. The van der Waals surface area contributed by atoms with Crippen LogP contribution in [0.3, 0.4) is 0 Å². The summed E-state index contributed by atoms with van der Waals surface area (Å²) in [4.78, 5) is 0. The van der Waals surface area contributed by atoms with Crippen molar-refractivity contribution >= 4 is 0 Å². The second kappa shape index (κ2) is 9.05. The average Bonchev–Trinajstić information content (AvgIpc) is 2.61. The first-order chi connectivity index (χ1) is 11.8. The molecule has 1 aliphatic heterocycles. The van der Waals surface area contributed by atoms with Crippen LogP contribution in [-0.2, 0) is 14.2 Å². The van der Waals surface area contributed by atoms with Gasteiger partial charge in [0.1, 0.15) is 0 Å². The first-order valence-corrected chi connectivity index (χ1v) is 9.11. The van der Waals surface area contributed by atoms with Gasteiger partial charge in [0.15, 0.2) is 6.29 Å². The standard InChI is InChI=1S/C17H33NO7/c1-4-23-11-5-10(6-19)16(15(22)8(11)2)25-17-13(18)14(21)9(3)12(7-20)24-17/h8-17,19-22H,4-7,18H2,1-3H3/t8?,9-,10?,11-,12?,13?,14-,15-,16+,17-/m0/s1. The Hall–Kier alpha value is -0.320. The molecule has 1 saturated heterocycles. The van der Waals surface area contributed by atoms with E-state index >= 15 is 0 Å². The van der Waals surface area contributed by atoms with Crippen molar-refractivity contribution in [2.24, 2.45) is 23.5 Å². The maximum atomic E-state index is 10.7. The van der Waals surface area contributed by atoms with E-state index in [1.807, 2.05) is 13.8 Å². The number of aliphatic hydroxyl groups excluding tert-OH is 4. The molecule has 1 heterocycles. The maximum absolute atomic E-state index is 10.7. The fourth-order valence-electron chi connectivity index (χ4n) is 3.85. The van der Waals surface area contributed by atoms with Crippen molar-refractivity contribution in [3.05, 3.63) is 0 Å². The van der Waals surface area contributed by atoms with Crippen LogP contribution in [0.5, 0.6) is 0 Å². The third-order valence-electron chi connectivity index (χ3n) is 5.69. The molecule has 0 aromatic rings. The third-order valence-corrected chi connectivity index (χ3v) is 5.69. The Balaban J connectivity index is 2.11. The Morgan fingerprint density at radius 3 is 2.32 bits per heavy atom. The van der Waals surface area contributed by atoms with Crippen molar-refractivity contribution < 1.29 is 34.6 Å². The van der Waals surface area contributed by atoms with Crippen molar-refractivity contribution in [3.8, 4) is 0 Å². The van der Waals surface area contributed by atoms with Crippen LogP contribution in [0.4, 0.5) is 0 Å². The number of rotatable bonds is 6. The van der Waals surface area contributed by atoms with Crippen molar-refractivity contribution in [2.75, 3.05) is 19.8 Å². The maximum Gasteiger partial charge on any atom is 0.176 e.